The summed E-state index contributed by atoms with van der Waals surface area (Å²) in [7, 11) is 3.42. The van der Waals surface area contributed by atoms with Gasteiger partial charge in [0.2, 0.25) is 0 Å². The first-order chi connectivity index (χ1) is 7.56. The predicted octanol–water partition coefficient (Wildman–Crippen LogP) is 1.77. The van der Waals surface area contributed by atoms with Crippen molar-refractivity contribution in [2.24, 2.45) is 0 Å². The lowest BCUT2D eigenvalue weighted by Gasteiger charge is -2.21. The highest BCUT2D eigenvalue weighted by Crippen LogP contribution is 2.17. The van der Waals surface area contributed by atoms with Gasteiger partial charge in [-0.2, -0.15) is 0 Å². The Balaban J connectivity index is 2.72. The largest absolute Gasteiger partial charge is 0.383 e. The summed E-state index contributed by atoms with van der Waals surface area (Å²) in [6.45, 7) is 2.80. The van der Waals surface area contributed by atoms with E-state index in [1.165, 1.54) is 6.33 Å². The van der Waals surface area contributed by atoms with Crippen molar-refractivity contribution in [2.45, 2.75) is 11.8 Å². The molecule has 16 heavy (non-hydrogen) atoms. The van der Waals surface area contributed by atoms with Gasteiger partial charge in [0.15, 0.2) is 11.6 Å². The van der Waals surface area contributed by atoms with Crippen LogP contribution in [0.1, 0.15) is 5.69 Å². The van der Waals surface area contributed by atoms with Gasteiger partial charge in [0.25, 0.3) is 0 Å². The van der Waals surface area contributed by atoms with Crippen LogP contribution in [0.25, 0.3) is 0 Å². The highest BCUT2D eigenvalue weighted by molar-refractivity contribution is 9.09. The van der Waals surface area contributed by atoms with Crippen LogP contribution >= 0.6 is 15.9 Å². The lowest BCUT2D eigenvalue weighted by atomic mass is 10.3. The van der Waals surface area contributed by atoms with Crippen LogP contribution in [0.2, 0.25) is 0 Å². The normalized spacial score (nSPS) is 12.6. The van der Waals surface area contributed by atoms with Gasteiger partial charge in [0.1, 0.15) is 6.33 Å². The molecule has 0 amide bonds. The number of rotatable bonds is 5. The van der Waals surface area contributed by atoms with E-state index in [1.807, 2.05) is 0 Å². The minimum absolute atomic E-state index is 0.136. The van der Waals surface area contributed by atoms with Crippen LogP contribution in [0.15, 0.2) is 6.33 Å². The standard InChI is InChI=1S/C10H15BrFN3O/c1-7-9(12)10(14-6-13-7)15(2)4-8(11)5-16-3/h6,8H,4-5H2,1-3H3. The molecule has 0 aromatic carbocycles. The first kappa shape index (κ1) is 13.3. The molecule has 90 valence electrons. The second-order valence-electron chi connectivity index (χ2n) is 3.53. The topological polar surface area (TPSA) is 38.2 Å². The van der Waals surface area contributed by atoms with Crippen molar-refractivity contribution >= 4 is 21.7 Å². The molecule has 1 aromatic heterocycles. The monoisotopic (exact) mass is 291 g/mol. The third kappa shape index (κ3) is 3.38. The molecule has 0 bridgehead atoms. The fourth-order valence-electron chi connectivity index (χ4n) is 1.33. The van der Waals surface area contributed by atoms with Gasteiger partial charge in [-0.05, 0) is 6.92 Å². The summed E-state index contributed by atoms with van der Waals surface area (Å²) in [5, 5.41) is 0. The molecule has 1 rings (SSSR count). The highest BCUT2D eigenvalue weighted by atomic mass is 79.9. The van der Waals surface area contributed by atoms with Crippen molar-refractivity contribution in [3.05, 3.63) is 17.8 Å². The predicted molar refractivity (Wildman–Crippen MR) is 64.6 cm³/mol. The van der Waals surface area contributed by atoms with Crippen molar-refractivity contribution < 1.29 is 9.13 Å². The van der Waals surface area contributed by atoms with Gasteiger partial charge in [0.05, 0.1) is 17.1 Å². The van der Waals surface area contributed by atoms with E-state index in [1.54, 1.807) is 26.0 Å². The van der Waals surface area contributed by atoms with Crippen molar-refractivity contribution in [1.82, 2.24) is 9.97 Å². The van der Waals surface area contributed by atoms with E-state index in [0.717, 1.165) is 0 Å². The quantitative estimate of drug-likeness (QED) is 0.775. The summed E-state index contributed by atoms with van der Waals surface area (Å²) in [6.07, 6.45) is 1.36. The van der Waals surface area contributed by atoms with E-state index >= 15 is 0 Å². The van der Waals surface area contributed by atoms with Crippen LogP contribution in [0.5, 0.6) is 0 Å². The van der Waals surface area contributed by atoms with Crippen LogP contribution in [0.3, 0.4) is 0 Å². The number of hydrogen-bond donors (Lipinski definition) is 0. The molecule has 0 spiro atoms. The minimum Gasteiger partial charge on any atom is -0.383 e. The first-order valence-electron chi connectivity index (χ1n) is 4.87. The van der Waals surface area contributed by atoms with Crippen LogP contribution in [0.4, 0.5) is 10.2 Å². The van der Waals surface area contributed by atoms with E-state index in [4.69, 9.17) is 4.74 Å². The second-order valence-corrected chi connectivity index (χ2v) is 4.82. The fraction of sp³-hybridized carbons (Fsp3) is 0.600. The van der Waals surface area contributed by atoms with Crippen LogP contribution in [0, 0.1) is 12.7 Å². The SMILES string of the molecule is COCC(Br)CN(C)c1ncnc(C)c1F. The number of nitrogens with zero attached hydrogens (tertiary/aromatic N) is 3. The van der Waals surface area contributed by atoms with E-state index in [9.17, 15) is 4.39 Å². The van der Waals surface area contributed by atoms with E-state index < -0.39 is 0 Å². The van der Waals surface area contributed by atoms with Crippen LogP contribution in [-0.4, -0.2) is 42.1 Å². The average molecular weight is 292 g/mol. The number of ether oxygens (including phenoxy) is 1. The summed E-state index contributed by atoms with van der Waals surface area (Å²) in [4.78, 5) is 9.59. The maximum Gasteiger partial charge on any atom is 0.186 e. The summed E-state index contributed by atoms with van der Waals surface area (Å²) >= 11 is 3.45. The molecule has 4 nitrogen and oxygen atoms in total. The van der Waals surface area contributed by atoms with Gasteiger partial charge in [-0.25, -0.2) is 14.4 Å². The van der Waals surface area contributed by atoms with Crippen molar-refractivity contribution in [2.75, 3.05) is 32.2 Å². The number of halogens is 2. The van der Waals surface area contributed by atoms with E-state index in [0.29, 0.717) is 24.7 Å². The third-order valence-corrected chi connectivity index (χ3v) is 2.68. The summed E-state index contributed by atoms with van der Waals surface area (Å²) in [5.41, 5.74) is 0.356. The maximum atomic E-state index is 13.7. The highest BCUT2D eigenvalue weighted by Gasteiger charge is 2.15. The first-order valence-corrected chi connectivity index (χ1v) is 5.79. The molecule has 1 heterocycles. The number of aromatic nitrogens is 2. The molecule has 6 heteroatoms. The van der Waals surface area contributed by atoms with Crippen LogP contribution in [-0.2, 0) is 4.74 Å². The average Bonchev–Trinajstić information content (AvgIpc) is 2.22. The number of aryl methyl sites for hydroxylation is 1. The molecular weight excluding hydrogens is 277 g/mol. The van der Waals surface area contributed by atoms with Gasteiger partial charge in [-0.3, -0.25) is 0 Å². The van der Waals surface area contributed by atoms with Gasteiger partial charge in [-0.15, -0.1) is 0 Å². The minimum atomic E-state index is -0.373. The molecule has 1 unspecified atom stereocenters. The van der Waals surface area contributed by atoms with Crippen molar-refractivity contribution in [1.29, 1.82) is 0 Å². The number of hydrogen-bond acceptors (Lipinski definition) is 4. The molecule has 1 aromatic rings. The molecule has 0 aliphatic rings. The maximum absolute atomic E-state index is 13.7. The summed E-state index contributed by atoms with van der Waals surface area (Å²) < 4.78 is 18.7. The number of anilines is 1. The van der Waals surface area contributed by atoms with Crippen molar-refractivity contribution in [3.8, 4) is 0 Å². The summed E-state index contributed by atoms with van der Waals surface area (Å²) in [5.74, 6) is -0.0600. The summed E-state index contributed by atoms with van der Waals surface area (Å²) in [6, 6.07) is 0. The number of alkyl halides is 1. The lowest BCUT2D eigenvalue weighted by Crippen LogP contribution is -2.29. The smallest absolute Gasteiger partial charge is 0.186 e. The molecule has 0 fully saturated rings. The van der Waals surface area contributed by atoms with Gasteiger partial charge in [-0.1, -0.05) is 15.9 Å². The molecular formula is C10H15BrFN3O. The Morgan fingerprint density at radius 2 is 2.25 bits per heavy atom. The Kier molecular flexibility index (Phi) is 5.08. The second kappa shape index (κ2) is 6.10. The molecule has 0 saturated carbocycles. The Hall–Kier alpha value is -0.750. The van der Waals surface area contributed by atoms with E-state index in [2.05, 4.69) is 25.9 Å². The lowest BCUT2D eigenvalue weighted by molar-refractivity contribution is 0.201. The Bertz CT molecular complexity index is 351. The third-order valence-electron chi connectivity index (χ3n) is 2.13. The zero-order chi connectivity index (χ0) is 12.1. The van der Waals surface area contributed by atoms with Gasteiger partial charge in [0, 0.05) is 20.7 Å². The molecule has 0 aliphatic heterocycles. The molecule has 0 saturated heterocycles. The Morgan fingerprint density at radius 1 is 1.56 bits per heavy atom. The Morgan fingerprint density at radius 3 is 2.88 bits per heavy atom. The zero-order valence-corrected chi connectivity index (χ0v) is 11.2. The number of methoxy groups -OCH3 is 1. The molecule has 1 atom stereocenters. The van der Waals surface area contributed by atoms with E-state index in [-0.39, 0.29) is 10.6 Å². The fourth-order valence-corrected chi connectivity index (χ4v) is 2.03. The zero-order valence-electron chi connectivity index (χ0n) is 9.57. The Labute approximate surface area is 103 Å². The van der Waals surface area contributed by atoms with Crippen molar-refractivity contribution in [3.63, 3.8) is 0 Å². The molecule has 0 N–H and O–H groups in total. The molecule has 0 aliphatic carbocycles. The van der Waals surface area contributed by atoms with Gasteiger partial charge < -0.3 is 9.64 Å². The van der Waals surface area contributed by atoms with Gasteiger partial charge >= 0.3 is 0 Å². The van der Waals surface area contributed by atoms with Crippen LogP contribution < -0.4 is 4.90 Å². The molecule has 0 radical (unpaired) electrons.